The lowest BCUT2D eigenvalue weighted by molar-refractivity contribution is 0.758. The molecule has 1 aliphatic carbocycles. The van der Waals surface area contributed by atoms with E-state index in [4.69, 9.17) is 4.98 Å². The molecule has 0 amide bonds. The van der Waals surface area contributed by atoms with Crippen molar-refractivity contribution in [1.82, 2.24) is 9.97 Å². The zero-order valence-electron chi connectivity index (χ0n) is 15.8. The first-order valence-corrected chi connectivity index (χ1v) is 9.70. The molecule has 0 spiro atoms. The quantitative estimate of drug-likeness (QED) is 0.480. The number of nitrogens with one attached hydrogen (secondary N) is 2. The molecule has 4 nitrogen and oxygen atoms in total. The van der Waals surface area contributed by atoms with E-state index >= 15 is 0 Å². The summed E-state index contributed by atoms with van der Waals surface area (Å²) < 4.78 is 0. The van der Waals surface area contributed by atoms with E-state index in [1.165, 1.54) is 11.1 Å². The Labute approximate surface area is 164 Å². The molecule has 0 bridgehead atoms. The lowest BCUT2D eigenvalue weighted by Gasteiger charge is -2.15. The minimum atomic E-state index is 0.342. The van der Waals surface area contributed by atoms with Crippen molar-refractivity contribution in [2.75, 3.05) is 10.6 Å². The minimum absolute atomic E-state index is 0.342. The van der Waals surface area contributed by atoms with Gasteiger partial charge in [0.05, 0.1) is 11.6 Å². The molecule has 1 atom stereocenters. The second-order valence-corrected chi connectivity index (χ2v) is 7.33. The summed E-state index contributed by atoms with van der Waals surface area (Å²) in [4.78, 5) is 9.23. The summed E-state index contributed by atoms with van der Waals surface area (Å²) in [6.45, 7) is 2.05. The largest absolute Gasteiger partial charge is 0.363 e. The van der Waals surface area contributed by atoms with Crippen LogP contribution in [0.2, 0.25) is 0 Å². The van der Waals surface area contributed by atoms with Gasteiger partial charge in [0.15, 0.2) is 0 Å². The Morgan fingerprint density at radius 3 is 2.82 bits per heavy atom. The monoisotopic (exact) mass is 366 g/mol. The fourth-order valence-electron chi connectivity index (χ4n) is 3.92. The maximum atomic E-state index is 4.82. The summed E-state index contributed by atoms with van der Waals surface area (Å²) >= 11 is 0. The van der Waals surface area contributed by atoms with Crippen LogP contribution in [0, 0.1) is 6.92 Å². The summed E-state index contributed by atoms with van der Waals surface area (Å²) in [6, 6.07) is 23.4. The van der Waals surface area contributed by atoms with Crippen LogP contribution < -0.4 is 10.6 Å². The highest BCUT2D eigenvalue weighted by Gasteiger charge is 2.21. The first-order chi connectivity index (χ1) is 13.8. The normalized spacial score (nSPS) is 15.4. The molecular formula is C24H22N4. The Kier molecular flexibility index (Phi) is 4.17. The molecule has 0 radical (unpaired) electrons. The molecule has 0 saturated heterocycles. The van der Waals surface area contributed by atoms with E-state index in [9.17, 15) is 0 Å². The molecule has 4 heteroatoms. The Balaban J connectivity index is 1.38. The summed E-state index contributed by atoms with van der Waals surface area (Å²) in [5.74, 6) is 1.81. The van der Waals surface area contributed by atoms with Gasteiger partial charge in [-0.3, -0.25) is 0 Å². The van der Waals surface area contributed by atoms with Gasteiger partial charge in [0, 0.05) is 17.3 Å². The second-order valence-electron chi connectivity index (χ2n) is 7.33. The Hall–Kier alpha value is -3.40. The molecule has 2 heterocycles. The van der Waals surface area contributed by atoms with E-state index in [1.807, 2.05) is 6.07 Å². The fraction of sp³-hybridized carbons (Fsp3) is 0.167. The number of anilines is 3. The van der Waals surface area contributed by atoms with Gasteiger partial charge in [-0.1, -0.05) is 30.3 Å². The van der Waals surface area contributed by atoms with Crippen LogP contribution >= 0.6 is 0 Å². The van der Waals surface area contributed by atoms with Crippen molar-refractivity contribution in [1.29, 1.82) is 0 Å². The van der Waals surface area contributed by atoms with Crippen molar-refractivity contribution in [2.24, 2.45) is 0 Å². The van der Waals surface area contributed by atoms with Gasteiger partial charge in [0.1, 0.15) is 11.6 Å². The molecule has 0 fully saturated rings. The van der Waals surface area contributed by atoms with Crippen LogP contribution in [0.15, 0.2) is 72.9 Å². The topological polar surface area (TPSA) is 49.8 Å². The van der Waals surface area contributed by atoms with Crippen LogP contribution in [0.5, 0.6) is 0 Å². The molecule has 2 N–H and O–H groups in total. The number of aromatic nitrogens is 2. The Bertz CT molecular complexity index is 1150. The SMILES string of the molecule is Cc1cccnc1Nc1ccc2nc(N[C@@H]3CCc4ccccc43)ccc2c1. The molecule has 28 heavy (non-hydrogen) atoms. The highest BCUT2D eigenvalue weighted by atomic mass is 15.0. The standard InChI is InChI=1S/C24H22N4/c1-16-5-4-14-25-24(16)26-19-10-12-21-18(15-19)9-13-23(27-21)28-22-11-8-17-6-2-3-7-20(17)22/h2-7,9-10,12-15,22H,8,11H2,1H3,(H,25,26)(H,27,28)/t22-/m1/s1. The van der Waals surface area contributed by atoms with Gasteiger partial charge in [-0.05, 0) is 72.9 Å². The third-order valence-electron chi connectivity index (χ3n) is 5.42. The van der Waals surface area contributed by atoms with Crippen LogP contribution in [-0.2, 0) is 6.42 Å². The van der Waals surface area contributed by atoms with Crippen LogP contribution in [0.1, 0.15) is 29.2 Å². The van der Waals surface area contributed by atoms with Crippen molar-refractivity contribution in [3.63, 3.8) is 0 Å². The predicted molar refractivity (Wildman–Crippen MR) is 115 cm³/mol. The van der Waals surface area contributed by atoms with Crippen LogP contribution in [0.25, 0.3) is 10.9 Å². The van der Waals surface area contributed by atoms with Gasteiger partial charge in [0.2, 0.25) is 0 Å². The number of hydrogen-bond donors (Lipinski definition) is 2. The Morgan fingerprint density at radius 1 is 0.964 bits per heavy atom. The van der Waals surface area contributed by atoms with E-state index in [1.54, 1.807) is 6.20 Å². The smallest absolute Gasteiger partial charge is 0.133 e. The van der Waals surface area contributed by atoms with Crippen molar-refractivity contribution >= 4 is 28.2 Å². The molecule has 5 rings (SSSR count). The van der Waals surface area contributed by atoms with Gasteiger partial charge >= 0.3 is 0 Å². The molecule has 0 unspecified atom stereocenters. The molecular weight excluding hydrogens is 344 g/mol. The zero-order chi connectivity index (χ0) is 18.9. The number of hydrogen-bond acceptors (Lipinski definition) is 4. The average molecular weight is 366 g/mol. The third kappa shape index (κ3) is 3.18. The van der Waals surface area contributed by atoms with Crippen LogP contribution in [0.4, 0.5) is 17.3 Å². The van der Waals surface area contributed by atoms with E-state index in [-0.39, 0.29) is 0 Å². The molecule has 0 aliphatic heterocycles. The van der Waals surface area contributed by atoms with Crippen molar-refractivity contribution in [2.45, 2.75) is 25.8 Å². The molecule has 138 valence electrons. The van der Waals surface area contributed by atoms with E-state index in [0.717, 1.165) is 46.6 Å². The molecule has 2 aromatic carbocycles. The van der Waals surface area contributed by atoms with Gasteiger partial charge in [-0.15, -0.1) is 0 Å². The Morgan fingerprint density at radius 2 is 1.89 bits per heavy atom. The maximum Gasteiger partial charge on any atom is 0.133 e. The van der Waals surface area contributed by atoms with Gasteiger partial charge in [-0.2, -0.15) is 0 Å². The number of fused-ring (bicyclic) bond motifs is 2. The van der Waals surface area contributed by atoms with E-state index in [0.29, 0.717) is 6.04 Å². The van der Waals surface area contributed by atoms with Crippen LogP contribution in [0.3, 0.4) is 0 Å². The van der Waals surface area contributed by atoms with Crippen LogP contribution in [-0.4, -0.2) is 9.97 Å². The highest BCUT2D eigenvalue weighted by Crippen LogP contribution is 2.33. The summed E-state index contributed by atoms with van der Waals surface area (Å²) in [7, 11) is 0. The average Bonchev–Trinajstić information content (AvgIpc) is 3.13. The number of pyridine rings is 2. The van der Waals surface area contributed by atoms with E-state index < -0.39 is 0 Å². The second kappa shape index (κ2) is 6.97. The molecule has 1 aliphatic rings. The fourth-order valence-corrected chi connectivity index (χ4v) is 3.92. The van der Waals surface area contributed by atoms with Gasteiger partial charge < -0.3 is 10.6 Å². The van der Waals surface area contributed by atoms with Gasteiger partial charge in [0.25, 0.3) is 0 Å². The first kappa shape index (κ1) is 16.8. The summed E-state index contributed by atoms with van der Waals surface area (Å²) in [6.07, 6.45) is 4.05. The molecule has 2 aromatic heterocycles. The first-order valence-electron chi connectivity index (χ1n) is 9.70. The van der Waals surface area contributed by atoms with Crippen molar-refractivity contribution in [3.05, 3.63) is 89.6 Å². The number of nitrogens with zero attached hydrogens (tertiary/aromatic N) is 2. The van der Waals surface area contributed by atoms with E-state index in [2.05, 4.69) is 83.2 Å². The summed E-state index contributed by atoms with van der Waals surface area (Å²) in [5.41, 5.74) is 5.97. The molecule has 4 aromatic rings. The lowest BCUT2D eigenvalue weighted by Crippen LogP contribution is -2.08. The zero-order valence-corrected chi connectivity index (χ0v) is 15.8. The lowest BCUT2D eigenvalue weighted by atomic mass is 10.1. The predicted octanol–water partition coefficient (Wildman–Crippen LogP) is 5.78. The number of aryl methyl sites for hydroxylation is 2. The maximum absolute atomic E-state index is 4.82. The molecule has 0 saturated carbocycles. The van der Waals surface area contributed by atoms with Crippen molar-refractivity contribution < 1.29 is 0 Å². The van der Waals surface area contributed by atoms with Crippen molar-refractivity contribution in [3.8, 4) is 0 Å². The summed E-state index contributed by atoms with van der Waals surface area (Å²) in [5, 5.41) is 8.12. The number of rotatable bonds is 4. The highest BCUT2D eigenvalue weighted by molar-refractivity contribution is 5.84. The third-order valence-corrected chi connectivity index (χ3v) is 5.42. The number of benzene rings is 2. The van der Waals surface area contributed by atoms with Gasteiger partial charge in [-0.25, -0.2) is 9.97 Å². The minimum Gasteiger partial charge on any atom is -0.363 e.